The lowest BCUT2D eigenvalue weighted by Crippen LogP contribution is -2.41. The van der Waals surface area contributed by atoms with Gasteiger partial charge in [0.2, 0.25) is 0 Å². The Bertz CT molecular complexity index is 441. The fraction of sp³-hybridized carbons (Fsp3) is 0.944. The number of ether oxygens (including phenoxy) is 1. The van der Waals surface area contributed by atoms with Crippen LogP contribution in [0, 0.1) is 47.3 Å². The molecule has 0 radical (unpaired) electrons. The normalized spacial score (nSPS) is 54.9. The van der Waals surface area contributed by atoms with E-state index in [4.69, 9.17) is 4.74 Å². The third-order valence-electron chi connectivity index (χ3n) is 7.47. The Labute approximate surface area is 122 Å². The maximum atomic E-state index is 12.4. The molecule has 4 aliphatic rings. The number of carbonyl (C=O) groups excluding carboxylic acids is 1. The second-order valence-electron chi connectivity index (χ2n) is 8.37. The first-order valence-electron chi connectivity index (χ1n) is 8.72. The van der Waals surface area contributed by atoms with Gasteiger partial charge in [0, 0.05) is 5.92 Å². The average molecular weight is 276 g/mol. The first-order valence-corrected chi connectivity index (χ1v) is 8.72. The van der Waals surface area contributed by atoms with E-state index in [0.717, 1.165) is 29.6 Å². The standard InChI is InChI=1S/C18H28O2/c1-5-9-7-10(6-2)14-12-8-11(13(9)14)15-16(12)18(3,4)20-17(15)19/h9-16H,5-8H2,1-4H3. The van der Waals surface area contributed by atoms with Gasteiger partial charge in [-0.3, -0.25) is 4.79 Å². The van der Waals surface area contributed by atoms with Crippen molar-refractivity contribution in [2.75, 3.05) is 0 Å². The fourth-order valence-corrected chi connectivity index (χ4v) is 7.08. The van der Waals surface area contributed by atoms with Crippen LogP contribution in [0.1, 0.15) is 53.4 Å². The summed E-state index contributed by atoms with van der Waals surface area (Å²) in [5.41, 5.74) is -0.214. The summed E-state index contributed by atoms with van der Waals surface area (Å²) >= 11 is 0. The van der Waals surface area contributed by atoms with Gasteiger partial charge in [0.25, 0.3) is 0 Å². The molecule has 1 heterocycles. The monoisotopic (exact) mass is 276 g/mol. The first-order chi connectivity index (χ1) is 9.49. The minimum absolute atomic E-state index is 0.126. The van der Waals surface area contributed by atoms with Crippen molar-refractivity contribution in [1.82, 2.24) is 0 Å². The predicted molar refractivity (Wildman–Crippen MR) is 77.9 cm³/mol. The fourth-order valence-electron chi connectivity index (χ4n) is 7.08. The highest BCUT2D eigenvalue weighted by atomic mass is 16.6. The molecule has 8 unspecified atom stereocenters. The molecule has 2 nitrogen and oxygen atoms in total. The zero-order chi connectivity index (χ0) is 14.2. The van der Waals surface area contributed by atoms with Crippen molar-refractivity contribution >= 4 is 5.97 Å². The van der Waals surface area contributed by atoms with Crippen LogP contribution in [-0.4, -0.2) is 11.6 Å². The van der Waals surface area contributed by atoms with Crippen LogP contribution in [0.15, 0.2) is 0 Å². The third-order valence-corrected chi connectivity index (χ3v) is 7.47. The van der Waals surface area contributed by atoms with Crippen molar-refractivity contribution < 1.29 is 9.53 Å². The van der Waals surface area contributed by atoms with Gasteiger partial charge in [-0.25, -0.2) is 0 Å². The van der Waals surface area contributed by atoms with E-state index in [1.54, 1.807) is 0 Å². The predicted octanol–water partition coefficient (Wildman–Crippen LogP) is 3.89. The lowest BCUT2D eigenvalue weighted by molar-refractivity contribution is -0.150. The van der Waals surface area contributed by atoms with Gasteiger partial charge in [-0.15, -0.1) is 0 Å². The molecule has 0 N–H and O–H groups in total. The lowest BCUT2D eigenvalue weighted by atomic mass is 9.63. The van der Waals surface area contributed by atoms with Crippen molar-refractivity contribution in [1.29, 1.82) is 0 Å². The van der Waals surface area contributed by atoms with Crippen LogP contribution in [0.3, 0.4) is 0 Å². The van der Waals surface area contributed by atoms with Gasteiger partial charge in [0.1, 0.15) is 5.60 Å². The van der Waals surface area contributed by atoms with Gasteiger partial charge in [-0.05, 0) is 62.2 Å². The van der Waals surface area contributed by atoms with E-state index in [2.05, 4.69) is 27.7 Å². The molecule has 1 saturated heterocycles. The summed E-state index contributed by atoms with van der Waals surface area (Å²) in [6.07, 6.45) is 5.37. The summed E-state index contributed by atoms with van der Waals surface area (Å²) < 4.78 is 5.76. The molecular formula is C18H28O2. The molecule has 0 spiro atoms. The van der Waals surface area contributed by atoms with Crippen molar-refractivity contribution in [3.05, 3.63) is 0 Å². The number of rotatable bonds is 2. The minimum Gasteiger partial charge on any atom is -0.459 e. The van der Waals surface area contributed by atoms with Crippen LogP contribution >= 0.6 is 0 Å². The summed E-state index contributed by atoms with van der Waals surface area (Å²) in [4.78, 5) is 12.4. The topological polar surface area (TPSA) is 26.3 Å². The van der Waals surface area contributed by atoms with Crippen molar-refractivity contribution in [2.24, 2.45) is 47.3 Å². The Hall–Kier alpha value is -0.530. The molecule has 20 heavy (non-hydrogen) atoms. The Morgan fingerprint density at radius 1 is 1.05 bits per heavy atom. The summed E-state index contributed by atoms with van der Waals surface area (Å²) in [6.45, 7) is 9.02. The van der Waals surface area contributed by atoms with Crippen LogP contribution in [0.5, 0.6) is 0 Å². The number of fused-ring (bicyclic) bond motifs is 8. The highest BCUT2D eigenvalue weighted by Crippen LogP contribution is 2.71. The summed E-state index contributed by atoms with van der Waals surface area (Å²) in [5, 5.41) is 0. The van der Waals surface area contributed by atoms with E-state index in [9.17, 15) is 4.79 Å². The Morgan fingerprint density at radius 3 is 2.25 bits per heavy atom. The molecule has 3 aliphatic carbocycles. The van der Waals surface area contributed by atoms with Crippen LogP contribution in [0.4, 0.5) is 0 Å². The lowest BCUT2D eigenvalue weighted by Gasteiger charge is -2.39. The Morgan fingerprint density at radius 2 is 1.65 bits per heavy atom. The smallest absolute Gasteiger partial charge is 0.310 e. The second-order valence-corrected chi connectivity index (χ2v) is 8.37. The van der Waals surface area contributed by atoms with Gasteiger partial charge in [-0.2, -0.15) is 0 Å². The zero-order valence-electron chi connectivity index (χ0n) is 13.3. The minimum atomic E-state index is -0.214. The van der Waals surface area contributed by atoms with Gasteiger partial charge in [0.05, 0.1) is 5.92 Å². The van der Waals surface area contributed by atoms with Gasteiger partial charge >= 0.3 is 5.97 Å². The SMILES string of the molecule is CCC1CC(CC)C2C3CC(C4C(=O)OC(C)(C)C34)C12. The number of hydrogen-bond acceptors (Lipinski definition) is 2. The maximum absolute atomic E-state index is 12.4. The van der Waals surface area contributed by atoms with E-state index in [-0.39, 0.29) is 17.5 Å². The summed E-state index contributed by atoms with van der Waals surface area (Å²) in [5.74, 6) is 5.78. The highest BCUT2D eigenvalue weighted by Gasteiger charge is 2.71. The van der Waals surface area contributed by atoms with Crippen molar-refractivity contribution in [3.8, 4) is 0 Å². The molecule has 0 aromatic rings. The largest absolute Gasteiger partial charge is 0.459 e. The zero-order valence-corrected chi connectivity index (χ0v) is 13.3. The molecule has 0 aromatic heterocycles. The molecular weight excluding hydrogens is 248 g/mol. The number of hydrogen-bond donors (Lipinski definition) is 0. The van der Waals surface area contributed by atoms with E-state index < -0.39 is 0 Å². The molecule has 4 fully saturated rings. The highest BCUT2D eigenvalue weighted by molar-refractivity contribution is 5.77. The molecule has 0 aromatic carbocycles. The third kappa shape index (κ3) is 1.39. The van der Waals surface area contributed by atoms with E-state index >= 15 is 0 Å². The van der Waals surface area contributed by atoms with Crippen molar-refractivity contribution in [3.63, 3.8) is 0 Å². The molecule has 3 saturated carbocycles. The molecule has 4 rings (SSSR count). The summed E-state index contributed by atoms with van der Waals surface area (Å²) in [7, 11) is 0. The molecule has 1 aliphatic heterocycles. The van der Waals surface area contributed by atoms with Crippen LogP contribution in [0.25, 0.3) is 0 Å². The van der Waals surface area contributed by atoms with E-state index in [1.165, 1.54) is 25.7 Å². The number of cyclic esters (lactones) is 1. The average Bonchev–Trinajstić information content (AvgIpc) is 3.08. The van der Waals surface area contributed by atoms with Gasteiger partial charge in [0.15, 0.2) is 0 Å². The quantitative estimate of drug-likeness (QED) is 0.715. The molecule has 112 valence electrons. The van der Waals surface area contributed by atoms with Crippen LogP contribution in [0.2, 0.25) is 0 Å². The second kappa shape index (κ2) is 4.01. The molecule has 2 heteroatoms. The Balaban J connectivity index is 1.73. The van der Waals surface area contributed by atoms with Gasteiger partial charge in [-0.1, -0.05) is 26.7 Å². The van der Waals surface area contributed by atoms with Crippen molar-refractivity contribution in [2.45, 2.75) is 59.0 Å². The molecule has 8 atom stereocenters. The van der Waals surface area contributed by atoms with E-state index in [0.29, 0.717) is 11.8 Å². The summed E-state index contributed by atoms with van der Waals surface area (Å²) in [6, 6.07) is 0. The molecule has 2 bridgehead atoms. The maximum Gasteiger partial charge on any atom is 0.310 e. The van der Waals surface area contributed by atoms with Crippen LogP contribution < -0.4 is 0 Å². The van der Waals surface area contributed by atoms with E-state index in [1.807, 2.05) is 0 Å². The number of carbonyl (C=O) groups is 1. The van der Waals surface area contributed by atoms with Gasteiger partial charge < -0.3 is 4.74 Å². The molecule has 0 amide bonds. The number of esters is 1. The first kappa shape index (κ1) is 13.2. The van der Waals surface area contributed by atoms with Crippen LogP contribution in [-0.2, 0) is 9.53 Å². The Kier molecular flexibility index (Phi) is 2.64.